The Balaban J connectivity index is 1.85. The SMILES string of the molecule is CCNCCCn1cc(S(=O)(=O)NC(C)CC2CC2)cn1. The average Bonchev–Trinajstić information content (AvgIpc) is 3.07. The van der Waals surface area contributed by atoms with E-state index in [2.05, 4.69) is 22.1 Å². The summed E-state index contributed by atoms with van der Waals surface area (Å²) in [6, 6.07) is -0.0143. The van der Waals surface area contributed by atoms with Gasteiger partial charge < -0.3 is 5.32 Å². The van der Waals surface area contributed by atoms with Crippen LogP contribution in [0, 0.1) is 5.92 Å². The first-order valence-corrected chi connectivity index (χ1v) is 9.25. The Morgan fingerprint density at radius 1 is 1.48 bits per heavy atom. The molecule has 21 heavy (non-hydrogen) atoms. The first kappa shape index (κ1) is 16.5. The molecule has 0 spiro atoms. The second-order valence-corrected chi connectivity index (χ2v) is 7.56. The molecule has 0 aliphatic heterocycles. The number of hydrogen-bond donors (Lipinski definition) is 2. The van der Waals surface area contributed by atoms with Crippen molar-refractivity contribution in [3.05, 3.63) is 12.4 Å². The van der Waals surface area contributed by atoms with Crippen LogP contribution >= 0.6 is 0 Å². The van der Waals surface area contributed by atoms with Crippen LogP contribution in [-0.4, -0.2) is 37.3 Å². The molecule has 1 saturated carbocycles. The lowest BCUT2D eigenvalue weighted by Gasteiger charge is -2.12. The molecule has 1 heterocycles. The Labute approximate surface area is 127 Å². The van der Waals surface area contributed by atoms with Gasteiger partial charge in [0, 0.05) is 18.8 Å². The van der Waals surface area contributed by atoms with E-state index < -0.39 is 10.0 Å². The van der Waals surface area contributed by atoms with Crippen molar-refractivity contribution in [3.63, 3.8) is 0 Å². The van der Waals surface area contributed by atoms with Gasteiger partial charge >= 0.3 is 0 Å². The minimum atomic E-state index is -3.44. The van der Waals surface area contributed by atoms with E-state index in [-0.39, 0.29) is 10.9 Å². The fourth-order valence-corrected chi connectivity index (χ4v) is 3.59. The molecule has 0 bridgehead atoms. The van der Waals surface area contributed by atoms with Crippen molar-refractivity contribution in [1.29, 1.82) is 0 Å². The molecule has 0 aromatic carbocycles. The molecular weight excluding hydrogens is 288 g/mol. The summed E-state index contributed by atoms with van der Waals surface area (Å²) in [4.78, 5) is 0.258. The Morgan fingerprint density at radius 3 is 2.90 bits per heavy atom. The fraction of sp³-hybridized carbons (Fsp3) is 0.786. The largest absolute Gasteiger partial charge is 0.317 e. The summed E-state index contributed by atoms with van der Waals surface area (Å²) in [5.74, 6) is 0.705. The monoisotopic (exact) mass is 314 g/mol. The molecule has 1 aliphatic carbocycles. The van der Waals surface area contributed by atoms with Crippen LogP contribution in [0.4, 0.5) is 0 Å². The third kappa shape index (κ3) is 5.41. The van der Waals surface area contributed by atoms with Crippen LogP contribution in [0.25, 0.3) is 0 Å². The third-order valence-electron chi connectivity index (χ3n) is 3.65. The molecule has 0 radical (unpaired) electrons. The van der Waals surface area contributed by atoms with Crippen LogP contribution in [-0.2, 0) is 16.6 Å². The van der Waals surface area contributed by atoms with Crippen LogP contribution in [0.5, 0.6) is 0 Å². The van der Waals surface area contributed by atoms with Crippen LogP contribution < -0.4 is 10.0 Å². The summed E-state index contributed by atoms with van der Waals surface area (Å²) < 4.78 is 28.9. The molecule has 120 valence electrons. The van der Waals surface area contributed by atoms with E-state index in [1.807, 2.05) is 6.92 Å². The number of hydrogen-bond acceptors (Lipinski definition) is 4. The third-order valence-corrected chi connectivity index (χ3v) is 5.19. The van der Waals surface area contributed by atoms with Gasteiger partial charge in [0.05, 0.1) is 6.20 Å². The number of sulfonamides is 1. The summed E-state index contributed by atoms with van der Waals surface area (Å²) >= 11 is 0. The van der Waals surface area contributed by atoms with Crippen molar-refractivity contribution in [2.75, 3.05) is 13.1 Å². The Bertz CT molecular complexity index is 537. The van der Waals surface area contributed by atoms with Gasteiger partial charge in [-0.1, -0.05) is 19.8 Å². The second kappa shape index (κ2) is 7.38. The van der Waals surface area contributed by atoms with Crippen molar-refractivity contribution in [2.45, 2.75) is 57.0 Å². The van der Waals surface area contributed by atoms with Gasteiger partial charge in [-0.25, -0.2) is 13.1 Å². The van der Waals surface area contributed by atoms with Gasteiger partial charge in [0.1, 0.15) is 4.90 Å². The minimum Gasteiger partial charge on any atom is -0.317 e. The first-order valence-electron chi connectivity index (χ1n) is 7.76. The van der Waals surface area contributed by atoms with Crippen LogP contribution in [0.3, 0.4) is 0 Å². The van der Waals surface area contributed by atoms with Crippen LogP contribution in [0.15, 0.2) is 17.3 Å². The van der Waals surface area contributed by atoms with Gasteiger partial charge in [-0.3, -0.25) is 4.68 Å². The van der Waals surface area contributed by atoms with E-state index in [1.165, 1.54) is 19.0 Å². The van der Waals surface area contributed by atoms with Crippen molar-refractivity contribution in [1.82, 2.24) is 19.8 Å². The highest BCUT2D eigenvalue weighted by Crippen LogP contribution is 2.33. The maximum absolute atomic E-state index is 12.3. The highest BCUT2D eigenvalue weighted by molar-refractivity contribution is 7.89. The van der Waals surface area contributed by atoms with E-state index in [4.69, 9.17) is 0 Å². The summed E-state index contributed by atoms with van der Waals surface area (Å²) in [7, 11) is -3.44. The van der Waals surface area contributed by atoms with Gasteiger partial charge in [0.2, 0.25) is 10.0 Å². The van der Waals surface area contributed by atoms with Crippen LogP contribution in [0.2, 0.25) is 0 Å². The van der Waals surface area contributed by atoms with Crippen molar-refractivity contribution >= 4 is 10.0 Å². The molecule has 1 aliphatic rings. The molecule has 2 N–H and O–H groups in total. The lowest BCUT2D eigenvalue weighted by molar-refractivity contribution is 0.529. The molecule has 2 rings (SSSR count). The first-order chi connectivity index (χ1) is 10.0. The zero-order valence-electron chi connectivity index (χ0n) is 12.9. The number of rotatable bonds is 10. The van der Waals surface area contributed by atoms with Gasteiger partial charge in [0.25, 0.3) is 0 Å². The van der Waals surface area contributed by atoms with Crippen LogP contribution in [0.1, 0.15) is 39.5 Å². The van der Waals surface area contributed by atoms with E-state index in [9.17, 15) is 8.42 Å². The van der Waals surface area contributed by atoms with Gasteiger partial charge in [-0.15, -0.1) is 0 Å². The molecule has 7 heteroatoms. The van der Waals surface area contributed by atoms with Gasteiger partial charge in [-0.05, 0) is 38.8 Å². The predicted octanol–water partition coefficient (Wildman–Crippen LogP) is 1.35. The zero-order valence-corrected chi connectivity index (χ0v) is 13.7. The smallest absolute Gasteiger partial charge is 0.243 e. The maximum Gasteiger partial charge on any atom is 0.243 e. The molecule has 1 aromatic rings. The Kier molecular flexibility index (Phi) is 5.78. The van der Waals surface area contributed by atoms with Gasteiger partial charge in [0.15, 0.2) is 0 Å². The number of nitrogens with one attached hydrogen (secondary N) is 2. The molecule has 0 saturated heterocycles. The number of aryl methyl sites for hydroxylation is 1. The molecule has 6 nitrogen and oxygen atoms in total. The molecule has 1 aromatic heterocycles. The average molecular weight is 314 g/mol. The van der Waals surface area contributed by atoms with E-state index in [1.54, 1.807) is 10.9 Å². The standard InChI is InChI=1S/C14H26N4O2S/c1-3-15-7-4-8-18-11-14(10-16-18)21(19,20)17-12(2)9-13-5-6-13/h10-13,15,17H,3-9H2,1-2H3. The summed E-state index contributed by atoms with van der Waals surface area (Å²) in [5, 5.41) is 7.36. The minimum absolute atomic E-state index is 0.0143. The molecule has 1 unspecified atom stereocenters. The maximum atomic E-state index is 12.3. The lowest BCUT2D eigenvalue weighted by atomic mass is 10.2. The topological polar surface area (TPSA) is 76.0 Å². The number of aromatic nitrogens is 2. The Morgan fingerprint density at radius 2 is 2.24 bits per heavy atom. The predicted molar refractivity (Wildman–Crippen MR) is 82.5 cm³/mol. The normalized spacial score (nSPS) is 17.0. The highest BCUT2D eigenvalue weighted by Gasteiger charge is 2.26. The molecular formula is C14H26N4O2S. The van der Waals surface area contributed by atoms with Crippen molar-refractivity contribution in [3.8, 4) is 0 Å². The summed E-state index contributed by atoms with van der Waals surface area (Å²) in [5.41, 5.74) is 0. The quantitative estimate of drug-likeness (QED) is 0.639. The molecule has 1 fully saturated rings. The zero-order chi connectivity index (χ0) is 15.3. The lowest BCUT2D eigenvalue weighted by Crippen LogP contribution is -2.32. The van der Waals surface area contributed by atoms with E-state index in [0.29, 0.717) is 5.92 Å². The van der Waals surface area contributed by atoms with E-state index >= 15 is 0 Å². The summed E-state index contributed by atoms with van der Waals surface area (Å²) in [6.07, 6.45) is 7.36. The van der Waals surface area contributed by atoms with Gasteiger partial charge in [-0.2, -0.15) is 5.10 Å². The molecule has 0 amide bonds. The molecule has 1 atom stereocenters. The number of nitrogens with zero attached hydrogens (tertiary/aromatic N) is 2. The highest BCUT2D eigenvalue weighted by atomic mass is 32.2. The second-order valence-electron chi connectivity index (χ2n) is 5.85. The summed E-state index contributed by atoms with van der Waals surface area (Å²) in [6.45, 7) is 6.57. The van der Waals surface area contributed by atoms with Crippen molar-refractivity contribution < 1.29 is 8.42 Å². The Hall–Kier alpha value is -0.920. The van der Waals surface area contributed by atoms with Crippen molar-refractivity contribution in [2.24, 2.45) is 5.92 Å². The van der Waals surface area contributed by atoms with E-state index in [0.717, 1.165) is 32.5 Å². The fourth-order valence-electron chi connectivity index (χ4n) is 2.38.